The smallest absolute Gasteiger partial charge is 0.123 e. The van der Waals surface area contributed by atoms with Crippen molar-refractivity contribution < 1.29 is 4.74 Å². The van der Waals surface area contributed by atoms with E-state index in [2.05, 4.69) is 24.1 Å². The minimum absolute atomic E-state index is 0.582. The van der Waals surface area contributed by atoms with Crippen LogP contribution in [0.4, 0.5) is 0 Å². The SMILES string of the molecule is CCC(C)C1CN(Cc2cc(Cl)ccc2OC)CCN1. The molecule has 20 heavy (non-hydrogen) atoms. The molecule has 3 nitrogen and oxygen atoms in total. The van der Waals surface area contributed by atoms with Crippen LogP contribution in [0.5, 0.6) is 5.75 Å². The van der Waals surface area contributed by atoms with Crippen molar-refractivity contribution in [1.29, 1.82) is 0 Å². The Morgan fingerprint density at radius 1 is 1.50 bits per heavy atom. The molecule has 0 saturated carbocycles. The van der Waals surface area contributed by atoms with Crippen molar-refractivity contribution in [2.75, 3.05) is 26.7 Å². The zero-order valence-electron chi connectivity index (χ0n) is 12.7. The Labute approximate surface area is 127 Å². The number of methoxy groups -OCH3 is 1. The number of rotatable bonds is 5. The number of hydrogen-bond acceptors (Lipinski definition) is 3. The first-order valence-corrected chi connectivity index (χ1v) is 7.80. The van der Waals surface area contributed by atoms with E-state index in [-0.39, 0.29) is 0 Å². The highest BCUT2D eigenvalue weighted by Crippen LogP contribution is 2.25. The van der Waals surface area contributed by atoms with Crippen LogP contribution in [0.15, 0.2) is 18.2 Å². The minimum Gasteiger partial charge on any atom is -0.496 e. The third-order valence-electron chi connectivity index (χ3n) is 4.26. The summed E-state index contributed by atoms with van der Waals surface area (Å²) in [4.78, 5) is 2.49. The van der Waals surface area contributed by atoms with Gasteiger partial charge in [0.15, 0.2) is 0 Å². The summed E-state index contributed by atoms with van der Waals surface area (Å²) in [5, 5.41) is 4.40. The van der Waals surface area contributed by atoms with Gasteiger partial charge in [-0.2, -0.15) is 0 Å². The lowest BCUT2D eigenvalue weighted by atomic mass is 9.97. The average molecular weight is 297 g/mol. The normalized spacial score (nSPS) is 21.7. The van der Waals surface area contributed by atoms with Crippen LogP contribution in [-0.4, -0.2) is 37.7 Å². The van der Waals surface area contributed by atoms with Gasteiger partial charge >= 0.3 is 0 Å². The van der Waals surface area contributed by atoms with Gasteiger partial charge in [-0.1, -0.05) is 31.9 Å². The van der Waals surface area contributed by atoms with Gasteiger partial charge in [-0.15, -0.1) is 0 Å². The number of hydrogen-bond donors (Lipinski definition) is 1. The zero-order chi connectivity index (χ0) is 14.5. The number of nitrogens with one attached hydrogen (secondary N) is 1. The van der Waals surface area contributed by atoms with Gasteiger partial charge in [-0.05, 0) is 24.1 Å². The molecule has 2 unspecified atom stereocenters. The minimum atomic E-state index is 0.582. The van der Waals surface area contributed by atoms with Crippen molar-refractivity contribution in [3.63, 3.8) is 0 Å². The lowest BCUT2D eigenvalue weighted by Gasteiger charge is -2.36. The fourth-order valence-electron chi connectivity index (χ4n) is 2.76. The standard InChI is InChI=1S/C16H25ClN2O/c1-4-12(2)15-11-19(8-7-18-15)10-13-9-14(17)5-6-16(13)20-3/h5-6,9,12,15,18H,4,7-8,10-11H2,1-3H3. The van der Waals surface area contributed by atoms with E-state index < -0.39 is 0 Å². The van der Waals surface area contributed by atoms with Crippen molar-refractivity contribution in [2.45, 2.75) is 32.9 Å². The second kappa shape index (κ2) is 7.30. The van der Waals surface area contributed by atoms with Crippen molar-refractivity contribution in [3.8, 4) is 5.75 Å². The number of ether oxygens (including phenoxy) is 1. The van der Waals surface area contributed by atoms with Crippen LogP contribution in [0, 0.1) is 5.92 Å². The van der Waals surface area contributed by atoms with Crippen LogP contribution in [-0.2, 0) is 6.54 Å². The molecule has 1 heterocycles. The summed E-state index contributed by atoms with van der Waals surface area (Å²) in [6.45, 7) is 8.69. The Hall–Kier alpha value is -0.770. The van der Waals surface area contributed by atoms with Crippen molar-refractivity contribution in [2.24, 2.45) is 5.92 Å². The molecule has 0 radical (unpaired) electrons. The molecule has 1 aromatic rings. The Kier molecular flexibility index (Phi) is 5.70. The molecular formula is C16H25ClN2O. The Morgan fingerprint density at radius 3 is 3.00 bits per heavy atom. The van der Waals surface area contributed by atoms with Crippen LogP contribution < -0.4 is 10.1 Å². The van der Waals surface area contributed by atoms with Gasteiger partial charge in [0.05, 0.1) is 7.11 Å². The maximum atomic E-state index is 6.11. The molecule has 1 aliphatic heterocycles. The van der Waals surface area contributed by atoms with E-state index in [1.54, 1.807) is 7.11 Å². The van der Waals surface area contributed by atoms with E-state index in [0.717, 1.165) is 37.0 Å². The van der Waals surface area contributed by atoms with E-state index in [4.69, 9.17) is 16.3 Å². The summed E-state index contributed by atoms with van der Waals surface area (Å²) in [7, 11) is 1.71. The van der Waals surface area contributed by atoms with Crippen LogP contribution in [0.3, 0.4) is 0 Å². The predicted molar refractivity (Wildman–Crippen MR) is 84.5 cm³/mol. The molecule has 0 aliphatic carbocycles. The summed E-state index contributed by atoms with van der Waals surface area (Å²) in [5.41, 5.74) is 1.17. The van der Waals surface area contributed by atoms with E-state index in [0.29, 0.717) is 12.0 Å². The quantitative estimate of drug-likeness (QED) is 0.903. The maximum Gasteiger partial charge on any atom is 0.123 e. The van der Waals surface area contributed by atoms with Crippen molar-refractivity contribution in [3.05, 3.63) is 28.8 Å². The van der Waals surface area contributed by atoms with Gasteiger partial charge in [0.25, 0.3) is 0 Å². The first-order valence-electron chi connectivity index (χ1n) is 7.42. The van der Waals surface area contributed by atoms with Gasteiger partial charge in [-0.3, -0.25) is 4.90 Å². The van der Waals surface area contributed by atoms with Crippen LogP contribution >= 0.6 is 11.6 Å². The average Bonchev–Trinajstić information content (AvgIpc) is 2.47. The summed E-state index contributed by atoms with van der Waals surface area (Å²) in [6, 6.07) is 6.43. The second-order valence-electron chi connectivity index (χ2n) is 5.64. The highest BCUT2D eigenvalue weighted by molar-refractivity contribution is 6.30. The molecule has 1 saturated heterocycles. The van der Waals surface area contributed by atoms with Gasteiger partial charge in [0.2, 0.25) is 0 Å². The molecule has 1 N–H and O–H groups in total. The van der Waals surface area contributed by atoms with Crippen LogP contribution in [0.2, 0.25) is 5.02 Å². The highest BCUT2D eigenvalue weighted by atomic mass is 35.5. The van der Waals surface area contributed by atoms with Gasteiger partial charge in [0.1, 0.15) is 5.75 Å². The number of piperazine rings is 1. The monoisotopic (exact) mass is 296 g/mol. The molecule has 2 atom stereocenters. The first kappa shape index (κ1) is 15.6. The van der Waals surface area contributed by atoms with E-state index in [9.17, 15) is 0 Å². The summed E-state index contributed by atoms with van der Waals surface area (Å²) in [6.07, 6.45) is 1.21. The van der Waals surface area contributed by atoms with E-state index in [1.165, 1.54) is 12.0 Å². The van der Waals surface area contributed by atoms with Gasteiger partial charge < -0.3 is 10.1 Å². The zero-order valence-corrected chi connectivity index (χ0v) is 13.4. The number of halogens is 1. The lowest BCUT2D eigenvalue weighted by molar-refractivity contribution is 0.161. The van der Waals surface area contributed by atoms with Gasteiger partial charge in [0, 0.05) is 42.8 Å². The molecule has 2 rings (SSSR count). The molecule has 0 bridgehead atoms. The van der Waals surface area contributed by atoms with Crippen molar-refractivity contribution in [1.82, 2.24) is 10.2 Å². The molecule has 1 aliphatic rings. The molecule has 0 amide bonds. The second-order valence-corrected chi connectivity index (χ2v) is 6.07. The molecule has 0 spiro atoms. The molecule has 0 aromatic heterocycles. The Balaban J connectivity index is 2.04. The molecule has 4 heteroatoms. The predicted octanol–water partition coefficient (Wildman–Crippen LogP) is 3.17. The van der Waals surface area contributed by atoms with Gasteiger partial charge in [-0.25, -0.2) is 0 Å². The fourth-order valence-corrected chi connectivity index (χ4v) is 2.96. The van der Waals surface area contributed by atoms with E-state index in [1.807, 2.05) is 18.2 Å². The van der Waals surface area contributed by atoms with E-state index >= 15 is 0 Å². The summed E-state index contributed by atoms with van der Waals surface area (Å²) < 4.78 is 5.44. The Morgan fingerprint density at radius 2 is 2.30 bits per heavy atom. The fraction of sp³-hybridized carbons (Fsp3) is 0.625. The highest BCUT2D eigenvalue weighted by Gasteiger charge is 2.23. The maximum absolute atomic E-state index is 6.11. The van der Waals surface area contributed by atoms with Crippen molar-refractivity contribution >= 4 is 11.6 Å². The third-order valence-corrected chi connectivity index (χ3v) is 4.49. The largest absolute Gasteiger partial charge is 0.496 e. The molecule has 1 fully saturated rings. The third kappa shape index (κ3) is 3.87. The molecular weight excluding hydrogens is 272 g/mol. The lowest BCUT2D eigenvalue weighted by Crippen LogP contribution is -2.52. The molecule has 1 aromatic carbocycles. The number of benzene rings is 1. The topological polar surface area (TPSA) is 24.5 Å². The summed E-state index contributed by atoms with van der Waals surface area (Å²) in [5.74, 6) is 1.63. The number of nitrogens with zero attached hydrogens (tertiary/aromatic N) is 1. The molecule has 112 valence electrons. The summed E-state index contributed by atoms with van der Waals surface area (Å²) >= 11 is 6.11. The van der Waals surface area contributed by atoms with Crippen LogP contribution in [0.25, 0.3) is 0 Å². The first-order chi connectivity index (χ1) is 9.63. The Bertz CT molecular complexity index is 438. The van der Waals surface area contributed by atoms with Crippen LogP contribution in [0.1, 0.15) is 25.8 Å².